The van der Waals surface area contributed by atoms with Crippen LogP contribution in [-0.4, -0.2) is 0 Å². The third-order valence-corrected chi connectivity index (χ3v) is 1.14. The zero-order valence-electron chi connectivity index (χ0n) is 6.06. The Morgan fingerprint density at radius 2 is 1.70 bits per heavy atom. The molecule has 1 aliphatic rings. The largest absolute Gasteiger partial charge is 2.00 e. The van der Waals surface area contributed by atoms with Crippen LogP contribution in [0.25, 0.3) is 0 Å². The van der Waals surface area contributed by atoms with Gasteiger partial charge in [0.25, 0.3) is 0 Å². The molecule has 0 bridgehead atoms. The van der Waals surface area contributed by atoms with Gasteiger partial charge in [-0.1, -0.05) is 30.2 Å². The van der Waals surface area contributed by atoms with Gasteiger partial charge < -0.3 is 7.43 Å². The molecule has 1 heteroatoms. The molecule has 0 aromatic rings. The van der Waals surface area contributed by atoms with Crippen molar-refractivity contribution in [2.45, 2.75) is 0 Å². The normalized spacial score (nSPS) is 15.2. The Bertz CT molecular complexity index is 131. The van der Waals surface area contributed by atoms with Crippen LogP contribution in [0.15, 0.2) is 36.5 Å². The minimum atomic E-state index is 0. The van der Waals surface area contributed by atoms with Crippen LogP contribution in [0.2, 0.25) is 0 Å². The van der Waals surface area contributed by atoms with E-state index in [9.17, 15) is 0 Å². The Hall–Kier alpha value is -0.416. The topological polar surface area (TPSA) is 0 Å². The third-order valence-electron chi connectivity index (χ3n) is 1.14. The molecule has 0 atom stereocenters. The molecule has 0 aromatic heterocycles. The smallest absolute Gasteiger partial charge is 0.358 e. The summed E-state index contributed by atoms with van der Waals surface area (Å²) in [6.45, 7) is 3.60. The minimum absolute atomic E-state index is 0. The third kappa shape index (κ3) is 3.58. The maximum absolute atomic E-state index is 3.60. The SMILES string of the molecule is [CH2-]C=CC1C=CC=C1.[CH3-].[Ni+2]. The second-order valence-electron chi connectivity index (χ2n) is 1.78. The van der Waals surface area contributed by atoms with E-state index in [-0.39, 0.29) is 23.9 Å². The zero-order valence-corrected chi connectivity index (χ0v) is 7.05. The first-order valence-electron chi connectivity index (χ1n) is 2.74. The van der Waals surface area contributed by atoms with E-state index in [0.29, 0.717) is 5.92 Å². The molecule has 0 saturated carbocycles. The molecule has 0 spiro atoms. The second kappa shape index (κ2) is 6.70. The molecular formula is C9H12Ni. The van der Waals surface area contributed by atoms with Crippen LogP contribution in [0.3, 0.4) is 0 Å². The second-order valence-corrected chi connectivity index (χ2v) is 1.78. The van der Waals surface area contributed by atoms with Crippen molar-refractivity contribution in [2.75, 3.05) is 0 Å². The summed E-state index contributed by atoms with van der Waals surface area (Å²) in [6.07, 6.45) is 12.2. The molecule has 0 N–H and O–H groups in total. The quantitative estimate of drug-likeness (QED) is 0.428. The van der Waals surface area contributed by atoms with Gasteiger partial charge in [0.2, 0.25) is 0 Å². The Balaban J connectivity index is 0. The summed E-state index contributed by atoms with van der Waals surface area (Å²) in [6, 6.07) is 0. The Kier molecular flexibility index (Phi) is 8.23. The van der Waals surface area contributed by atoms with E-state index in [1.165, 1.54) is 0 Å². The summed E-state index contributed by atoms with van der Waals surface area (Å²) in [5.74, 6) is 0.507. The van der Waals surface area contributed by atoms with Crippen LogP contribution < -0.4 is 0 Å². The van der Waals surface area contributed by atoms with Crippen molar-refractivity contribution in [3.63, 3.8) is 0 Å². The molecule has 0 radical (unpaired) electrons. The summed E-state index contributed by atoms with van der Waals surface area (Å²) in [5.41, 5.74) is 0. The average Bonchev–Trinajstić information content (AvgIpc) is 2.19. The molecular weight excluding hydrogens is 167 g/mol. The Labute approximate surface area is 73.6 Å². The maximum atomic E-state index is 3.60. The van der Waals surface area contributed by atoms with E-state index in [1.807, 2.05) is 18.2 Å². The van der Waals surface area contributed by atoms with Gasteiger partial charge in [-0.15, -0.1) is 0 Å². The fraction of sp³-hybridized carbons (Fsp3) is 0.111. The summed E-state index contributed by atoms with van der Waals surface area (Å²) in [4.78, 5) is 0. The van der Waals surface area contributed by atoms with Crippen molar-refractivity contribution in [3.8, 4) is 0 Å². The number of hydrogen-bond donors (Lipinski definition) is 0. The molecule has 0 fully saturated rings. The van der Waals surface area contributed by atoms with Gasteiger partial charge in [0.05, 0.1) is 0 Å². The number of rotatable bonds is 1. The summed E-state index contributed by atoms with van der Waals surface area (Å²) in [5, 5.41) is 0. The van der Waals surface area contributed by atoms with Gasteiger partial charge in [-0.2, -0.15) is 0 Å². The van der Waals surface area contributed by atoms with Gasteiger partial charge in [0, 0.05) is 0 Å². The van der Waals surface area contributed by atoms with Crippen molar-refractivity contribution in [3.05, 3.63) is 50.8 Å². The molecule has 0 aliphatic heterocycles. The van der Waals surface area contributed by atoms with Gasteiger partial charge in [-0.25, -0.2) is 19.1 Å². The van der Waals surface area contributed by atoms with Crippen molar-refractivity contribution in [1.82, 2.24) is 0 Å². The number of allylic oxidation sites excluding steroid dienone is 6. The first-order valence-corrected chi connectivity index (χ1v) is 2.74. The van der Waals surface area contributed by atoms with Crippen molar-refractivity contribution >= 4 is 0 Å². The fourth-order valence-electron chi connectivity index (χ4n) is 0.734. The van der Waals surface area contributed by atoms with E-state index in [2.05, 4.69) is 25.2 Å². The monoisotopic (exact) mass is 178 g/mol. The predicted molar refractivity (Wildman–Crippen MR) is 42.7 cm³/mol. The van der Waals surface area contributed by atoms with Crippen molar-refractivity contribution < 1.29 is 16.5 Å². The molecule has 0 nitrogen and oxygen atoms in total. The van der Waals surface area contributed by atoms with Gasteiger partial charge in [-0.3, -0.25) is 0 Å². The van der Waals surface area contributed by atoms with Crippen LogP contribution in [0.5, 0.6) is 0 Å². The first-order chi connectivity index (χ1) is 3.93. The van der Waals surface area contributed by atoms with Crippen LogP contribution in [0.4, 0.5) is 0 Å². The maximum Gasteiger partial charge on any atom is 2.00 e. The molecule has 0 unspecified atom stereocenters. The van der Waals surface area contributed by atoms with Crippen molar-refractivity contribution in [1.29, 1.82) is 0 Å². The molecule has 0 amide bonds. The van der Waals surface area contributed by atoms with E-state index in [4.69, 9.17) is 0 Å². The van der Waals surface area contributed by atoms with Gasteiger partial charge in [-0.05, 0) is 0 Å². The molecule has 1 aliphatic carbocycles. The number of hydrogen-bond acceptors (Lipinski definition) is 0. The molecule has 10 heavy (non-hydrogen) atoms. The Morgan fingerprint density at radius 3 is 2.10 bits per heavy atom. The zero-order chi connectivity index (χ0) is 5.82. The van der Waals surface area contributed by atoms with E-state index < -0.39 is 0 Å². The van der Waals surface area contributed by atoms with Crippen molar-refractivity contribution in [2.24, 2.45) is 5.92 Å². The van der Waals surface area contributed by atoms with E-state index in [0.717, 1.165) is 0 Å². The van der Waals surface area contributed by atoms with Crippen LogP contribution >= 0.6 is 0 Å². The van der Waals surface area contributed by atoms with Gasteiger partial charge in [0.1, 0.15) is 0 Å². The Morgan fingerprint density at radius 1 is 1.20 bits per heavy atom. The fourth-order valence-corrected chi connectivity index (χ4v) is 0.734. The molecule has 0 saturated heterocycles. The van der Waals surface area contributed by atoms with Gasteiger partial charge in [0.15, 0.2) is 0 Å². The molecule has 1 rings (SSSR count). The summed E-state index contributed by atoms with van der Waals surface area (Å²) in [7, 11) is 0. The summed E-state index contributed by atoms with van der Waals surface area (Å²) >= 11 is 0. The van der Waals surface area contributed by atoms with E-state index in [1.54, 1.807) is 0 Å². The molecule has 0 heterocycles. The van der Waals surface area contributed by atoms with Crippen LogP contribution in [0.1, 0.15) is 0 Å². The molecule has 0 aromatic carbocycles. The first kappa shape index (κ1) is 12.3. The van der Waals surface area contributed by atoms with Crippen LogP contribution in [-0.2, 0) is 16.5 Å². The standard InChI is InChI=1S/C8H9.CH3.Ni/c1-2-5-8-6-3-4-7-8;;/h2-8H,1H2;1H3;/q2*-1;+2. The minimum Gasteiger partial charge on any atom is -0.358 e. The summed E-state index contributed by atoms with van der Waals surface area (Å²) < 4.78 is 0. The van der Waals surface area contributed by atoms with E-state index >= 15 is 0 Å². The van der Waals surface area contributed by atoms with Crippen LogP contribution in [0, 0.1) is 20.3 Å². The molecule has 58 valence electrons. The predicted octanol–water partition coefficient (Wildman–Crippen LogP) is 2.57. The average molecular weight is 179 g/mol. The van der Waals surface area contributed by atoms with Gasteiger partial charge >= 0.3 is 16.5 Å².